The highest BCUT2D eigenvalue weighted by molar-refractivity contribution is 6.16. The lowest BCUT2D eigenvalue weighted by atomic mass is 10.1. The molecule has 0 spiro atoms. The van der Waals surface area contributed by atoms with Gasteiger partial charge in [-0.25, -0.2) is 4.98 Å². The van der Waals surface area contributed by atoms with E-state index in [4.69, 9.17) is 11.6 Å². The number of aromatic nitrogens is 2. The maximum absolute atomic E-state index is 10.8. The zero-order valence-electron chi connectivity index (χ0n) is 9.84. The van der Waals surface area contributed by atoms with E-state index in [1.54, 1.807) is 19.3 Å². The lowest BCUT2D eigenvalue weighted by Crippen LogP contribution is -2.01. The molecule has 1 aromatic carbocycles. The van der Waals surface area contributed by atoms with Crippen LogP contribution in [0.3, 0.4) is 0 Å². The number of nitrogens with zero attached hydrogens (tertiary/aromatic N) is 3. The molecular weight excluding hydrogens is 254 g/mol. The van der Waals surface area contributed by atoms with Gasteiger partial charge in [0.25, 0.3) is 5.69 Å². The third kappa shape index (κ3) is 2.51. The van der Waals surface area contributed by atoms with Gasteiger partial charge in [-0.05, 0) is 12.5 Å². The van der Waals surface area contributed by atoms with Crippen molar-refractivity contribution in [1.29, 1.82) is 0 Å². The molecule has 18 heavy (non-hydrogen) atoms. The molecule has 94 valence electrons. The number of hydrogen-bond acceptors (Lipinski definition) is 3. The minimum atomic E-state index is -0.364. The number of nitro benzene ring substituents is 1. The van der Waals surface area contributed by atoms with E-state index in [0.717, 1.165) is 11.3 Å². The van der Waals surface area contributed by atoms with E-state index >= 15 is 0 Å². The smallest absolute Gasteiger partial charge is 0.272 e. The van der Waals surface area contributed by atoms with E-state index in [1.165, 1.54) is 6.07 Å². The average molecular weight is 266 g/mol. The van der Waals surface area contributed by atoms with Crippen molar-refractivity contribution in [2.24, 2.45) is 0 Å². The van der Waals surface area contributed by atoms with Gasteiger partial charge in [0.15, 0.2) is 0 Å². The quantitative estimate of drug-likeness (QED) is 0.485. The fourth-order valence-electron chi connectivity index (χ4n) is 1.80. The van der Waals surface area contributed by atoms with E-state index in [-0.39, 0.29) is 10.6 Å². The Labute approximate surface area is 109 Å². The lowest BCUT2D eigenvalue weighted by molar-refractivity contribution is -0.385. The average Bonchev–Trinajstić information content (AvgIpc) is 2.79. The normalized spacial score (nSPS) is 10.6. The highest BCUT2D eigenvalue weighted by atomic mass is 35.5. The van der Waals surface area contributed by atoms with Crippen LogP contribution < -0.4 is 0 Å². The summed E-state index contributed by atoms with van der Waals surface area (Å²) < 4.78 is 1.86. The summed E-state index contributed by atoms with van der Waals surface area (Å²) in [6, 6.07) is 5.08. The highest BCUT2D eigenvalue weighted by Crippen LogP contribution is 2.21. The predicted molar refractivity (Wildman–Crippen MR) is 68.7 cm³/mol. The van der Waals surface area contributed by atoms with Gasteiger partial charge in [0.05, 0.1) is 22.8 Å². The molecule has 0 unspecified atom stereocenters. The summed E-state index contributed by atoms with van der Waals surface area (Å²) in [6.45, 7) is 2.31. The van der Waals surface area contributed by atoms with E-state index in [0.29, 0.717) is 18.0 Å². The number of imidazole rings is 1. The maximum Gasteiger partial charge on any atom is 0.272 e. The predicted octanol–water partition coefficient (Wildman–Crippen LogP) is 2.89. The Morgan fingerprint density at radius 1 is 1.50 bits per heavy atom. The zero-order valence-corrected chi connectivity index (χ0v) is 10.6. The molecule has 0 N–H and O–H groups in total. The van der Waals surface area contributed by atoms with Gasteiger partial charge >= 0.3 is 0 Å². The monoisotopic (exact) mass is 265 g/mol. The molecule has 2 rings (SSSR count). The molecule has 0 saturated carbocycles. The van der Waals surface area contributed by atoms with Gasteiger partial charge in [0.1, 0.15) is 0 Å². The molecule has 0 aliphatic rings. The first-order valence-corrected chi connectivity index (χ1v) is 5.94. The van der Waals surface area contributed by atoms with Gasteiger partial charge in [-0.2, -0.15) is 0 Å². The van der Waals surface area contributed by atoms with Crippen molar-refractivity contribution in [1.82, 2.24) is 9.55 Å². The first-order valence-electron chi connectivity index (χ1n) is 5.41. The Bertz CT molecular complexity index is 580. The summed E-state index contributed by atoms with van der Waals surface area (Å²) in [5, 5.41) is 10.8. The maximum atomic E-state index is 10.8. The highest BCUT2D eigenvalue weighted by Gasteiger charge is 2.13. The van der Waals surface area contributed by atoms with Crippen molar-refractivity contribution >= 4 is 17.3 Å². The van der Waals surface area contributed by atoms with Gasteiger partial charge in [-0.15, -0.1) is 11.6 Å². The summed E-state index contributed by atoms with van der Waals surface area (Å²) in [4.78, 5) is 14.6. The summed E-state index contributed by atoms with van der Waals surface area (Å²) in [7, 11) is 0. The van der Waals surface area contributed by atoms with Crippen LogP contribution in [0.1, 0.15) is 16.8 Å². The molecule has 1 aromatic heterocycles. The molecule has 6 heteroatoms. The van der Waals surface area contributed by atoms with Gasteiger partial charge < -0.3 is 4.57 Å². The van der Waals surface area contributed by atoms with Crippen molar-refractivity contribution in [2.45, 2.75) is 19.3 Å². The van der Waals surface area contributed by atoms with Crippen LogP contribution in [0.15, 0.2) is 30.7 Å². The van der Waals surface area contributed by atoms with E-state index in [1.807, 2.05) is 16.8 Å². The minimum absolute atomic E-state index is 0.144. The van der Waals surface area contributed by atoms with Crippen LogP contribution in [-0.4, -0.2) is 14.5 Å². The van der Waals surface area contributed by atoms with Crippen LogP contribution >= 0.6 is 11.6 Å². The van der Waals surface area contributed by atoms with Crippen molar-refractivity contribution in [3.05, 3.63) is 57.7 Å². The number of halogens is 1. The Kier molecular flexibility index (Phi) is 3.62. The van der Waals surface area contributed by atoms with Crippen molar-refractivity contribution in [3.63, 3.8) is 0 Å². The topological polar surface area (TPSA) is 61.0 Å². The van der Waals surface area contributed by atoms with E-state index in [2.05, 4.69) is 4.98 Å². The number of benzene rings is 1. The molecule has 2 aromatic rings. The molecule has 0 amide bonds. The van der Waals surface area contributed by atoms with E-state index in [9.17, 15) is 10.1 Å². The Hall–Kier alpha value is -1.88. The summed E-state index contributed by atoms with van der Waals surface area (Å²) in [5.41, 5.74) is 2.52. The molecule has 0 fully saturated rings. The summed E-state index contributed by atoms with van der Waals surface area (Å²) in [6.07, 6.45) is 3.52. The van der Waals surface area contributed by atoms with Crippen LogP contribution in [-0.2, 0) is 12.4 Å². The Morgan fingerprint density at radius 2 is 2.28 bits per heavy atom. The van der Waals surface area contributed by atoms with Crippen molar-refractivity contribution in [3.8, 4) is 0 Å². The van der Waals surface area contributed by atoms with Crippen molar-refractivity contribution in [2.75, 3.05) is 0 Å². The molecule has 0 bridgehead atoms. The summed E-state index contributed by atoms with van der Waals surface area (Å²) in [5.74, 6) is 0.362. The molecule has 0 atom stereocenters. The van der Waals surface area contributed by atoms with Crippen LogP contribution in [0.5, 0.6) is 0 Å². The van der Waals surface area contributed by atoms with E-state index < -0.39 is 0 Å². The second kappa shape index (κ2) is 5.18. The number of alkyl halides is 1. The summed E-state index contributed by atoms with van der Waals surface area (Å²) >= 11 is 5.68. The van der Waals surface area contributed by atoms with Gasteiger partial charge in [0.2, 0.25) is 0 Å². The fraction of sp³-hybridized carbons (Fsp3) is 0.250. The Balaban J connectivity index is 2.29. The second-order valence-electron chi connectivity index (χ2n) is 3.99. The fourth-order valence-corrected chi connectivity index (χ4v) is 1.94. The van der Waals surface area contributed by atoms with Crippen LogP contribution in [0.4, 0.5) is 5.69 Å². The van der Waals surface area contributed by atoms with Gasteiger partial charge in [-0.1, -0.05) is 12.1 Å². The molecule has 0 aliphatic carbocycles. The van der Waals surface area contributed by atoms with Crippen molar-refractivity contribution < 1.29 is 4.92 Å². The number of rotatable bonds is 4. The largest absolute Gasteiger partial charge is 0.333 e. The minimum Gasteiger partial charge on any atom is -0.333 e. The molecular formula is C12H12ClN3O2. The van der Waals surface area contributed by atoms with Crippen LogP contribution in [0.25, 0.3) is 0 Å². The number of nitro groups is 1. The molecule has 0 aliphatic heterocycles. The SMILES string of the molecule is Cc1c(Cn2cnc(CCl)c2)cccc1[N+](=O)[O-]. The molecule has 0 radical (unpaired) electrons. The second-order valence-corrected chi connectivity index (χ2v) is 4.26. The third-order valence-corrected chi connectivity index (χ3v) is 3.06. The molecule has 5 nitrogen and oxygen atoms in total. The number of hydrogen-bond donors (Lipinski definition) is 0. The van der Waals surface area contributed by atoms with Crippen LogP contribution in [0, 0.1) is 17.0 Å². The first kappa shape index (κ1) is 12.6. The molecule has 0 saturated heterocycles. The van der Waals surface area contributed by atoms with Crippen LogP contribution in [0.2, 0.25) is 0 Å². The first-order chi connectivity index (χ1) is 8.61. The lowest BCUT2D eigenvalue weighted by Gasteiger charge is -2.06. The standard InChI is InChI=1S/C12H12ClN3O2/c1-9-10(3-2-4-12(9)16(17)18)6-15-7-11(5-13)14-8-15/h2-4,7-8H,5-6H2,1H3. The third-order valence-electron chi connectivity index (χ3n) is 2.79. The van der Waals surface area contributed by atoms with Gasteiger partial charge in [-0.3, -0.25) is 10.1 Å². The van der Waals surface area contributed by atoms with Gasteiger partial charge in [0, 0.05) is 24.4 Å². The zero-order chi connectivity index (χ0) is 13.1. The molecule has 1 heterocycles. The Morgan fingerprint density at radius 3 is 2.89 bits per heavy atom.